The minimum Gasteiger partial charge on any atom is -0.493 e. The quantitative estimate of drug-likeness (QED) is 0.501. The highest BCUT2D eigenvalue weighted by Gasteiger charge is 2.12. The number of carboxylic acid groups (broad SMARTS) is 1. The molecule has 0 saturated heterocycles. The molecule has 0 aliphatic rings. The van der Waals surface area contributed by atoms with Crippen LogP contribution in [0.5, 0.6) is 23.0 Å². The van der Waals surface area contributed by atoms with E-state index in [2.05, 4.69) is 0 Å². The number of rotatable bonds is 9. The zero-order chi connectivity index (χ0) is 20.7. The summed E-state index contributed by atoms with van der Waals surface area (Å²) in [5.41, 5.74) is 1.01. The van der Waals surface area contributed by atoms with Crippen LogP contribution in [0.25, 0.3) is 6.08 Å². The first-order chi connectivity index (χ1) is 13.4. The normalized spacial score (nSPS) is 10.6. The summed E-state index contributed by atoms with van der Waals surface area (Å²) in [6.07, 6.45) is 2.97. The number of aliphatic carboxylic acids is 1. The number of allylic oxidation sites excluding steroid dienone is 1. The van der Waals surface area contributed by atoms with E-state index in [1.807, 2.05) is 0 Å². The number of halogens is 1. The van der Waals surface area contributed by atoms with Gasteiger partial charge >= 0.3 is 5.97 Å². The van der Waals surface area contributed by atoms with Crippen LogP contribution in [0.4, 0.5) is 0 Å². The van der Waals surface area contributed by atoms with Gasteiger partial charge in [-0.3, -0.25) is 4.79 Å². The highest BCUT2D eigenvalue weighted by atomic mass is 35.5. The molecule has 148 valence electrons. The van der Waals surface area contributed by atoms with Crippen LogP contribution in [-0.4, -0.2) is 44.8 Å². The van der Waals surface area contributed by atoms with Crippen LogP contribution < -0.4 is 18.9 Å². The first-order valence-corrected chi connectivity index (χ1v) is 8.44. The van der Waals surface area contributed by atoms with Gasteiger partial charge in [0.15, 0.2) is 35.4 Å². The molecule has 0 atom stereocenters. The zero-order valence-corrected chi connectivity index (χ0v) is 16.3. The topological polar surface area (TPSA) is 91.3 Å². The van der Waals surface area contributed by atoms with Crippen molar-refractivity contribution in [3.63, 3.8) is 0 Å². The van der Waals surface area contributed by atoms with E-state index in [-0.39, 0.29) is 17.3 Å². The van der Waals surface area contributed by atoms with Crippen molar-refractivity contribution in [1.82, 2.24) is 0 Å². The van der Waals surface area contributed by atoms with E-state index in [1.54, 1.807) is 18.2 Å². The second-order valence-corrected chi connectivity index (χ2v) is 5.89. The summed E-state index contributed by atoms with van der Waals surface area (Å²) in [6, 6.07) is 7.82. The van der Waals surface area contributed by atoms with Crippen LogP contribution in [0.15, 0.2) is 36.4 Å². The molecule has 0 fully saturated rings. The van der Waals surface area contributed by atoms with Crippen molar-refractivity contribution in [2.45, 2.75) is 0 Å². The van der Waals surface area contributed by atoms with Gasteiger partial charge in [0.1, 0.15) is 0 Å². The summed E-state index contributed by atoms with van der Waals surface area (Å²) < 4.78 is 20.7. The van der Waals surface area contributed by atoms with Crippen molar-refractivity contribution in [3.8, 4) is 23.0 Å². The monoisotopic (exact) mass is 406 g/mol. The second kappa shape index (κ2) is 9.66. The molecule has 0 unspecified atom stereocenters. The van der Waals surface area contributed by atoms with Crippen molar-refractivity contribution in [2.24, 2.45) is 0 Å². The lowest BCUT2D eigenvalue weighted by molar-refractivity contribution is -0.139. The fourth-order valence-electron chi connectivity index (χ4n) is 2.38. The molecular weight excluding hydrogens is 388 g/mol. The Morgan fingerprint density at radius 2 is 1.71 bits per heavy atom. The van der Waals surface area contributed by atoms with Gasteiger partial charge in [0, 0.05) is 5.56 Å². The predicted octanol–water partition coefficient (Wildman–Crippen LogP) is 3.73. The molecule has 0 radical (unpaired) electrons. The van der Waals surface area contributed by atoms with Gasteiger partial charge in [-0.15, -0.1) is 0 Å². The second-order valence-electron chi connectivity index (χ2n) is 5.48. The zero-order valence-electron chi connectivity index (χ0n) is 15.5. The molecule has 0 aliphatic heterocycles. The average molecular weight is 407 g/mol. The van der Waals surface area contributed by atoms with Gasteiger partial charge in [-0.25, -0.2) is 4.79 Å². The summed E-state index contributed by atoms with van der Waals surface area (Å²) in [6.45, 7) is -0.510. The van der Waals surface area contributed by atoms with E-state index < -0.39 is 12.6 Å². The lowest BCUT2D eigenvalue weighted by Gasteiger charge is -2.10. The summed E-state index contributed by atoms with van der Waals surface area (Å²) in [5.74, 6) is -0.0440. The van der Waals surface area contributed by atoms with E-state index in [0.717, 1.165) is 0 Å². The van der Waals surface area contributed by atoms with Crippen molar-refractivity contribution in [2.75, 3.05) is 27.9 Å². The molecule has 7 nitrogen and oxygen atoms in total. The van der Waals surface area contributed by atoms with Crippen LogP contribution in [0, 0.1) is 0 Å². The van der Waals surface area contributed by atoms with Crippen LogP contribution in [-0.2, 0) is 4.79 Å². The van der Waals surface area contributed by atoms with Crippen LogP contribution in [0.3, 0.4) is 0 Å². The van der Waals surface area contributed by atoms with Crippen LogP contribution in [0.2, 0.25) is 5.02 Å². The molecule has 0 bridgehead atoms. The highest BCUT2D eigenvalue weighted by molar-refractivity contribution is 6.32. The fourth-order valence-corrected chi connectivity index (χ4v) is 2.68. The first-order valence-electron chi connectivity index (χ1n) is 8.06. The Bertz CT molecular complexity index is 906. The molecule has 2 aromatic carbocycles. The van der Waals surface area contributed by atoms with Gasteiger partial charge in [0.05, 0.1) is 26.4 Å². The molecule has 2 rings (SSSR count). The number of ketones is 1. The number of carbonyl (C=O) groups excluding carboxylic acids is 1. The van der Waals surface area contributed by atoms with Crippen molar-refractivity contribution in [3.05, 3.63) is 52.6 Å². The van der Waals surface area contributed by atoms with Gasteiger partial charge in [-0.05, 0) is 42.0 Å². The number of ether oxygens (including phenoxy) is 4. The summed E-state index contributed by atoms with van der Waals surface area (Å²) >= 11 is 6.16. The molecule has 2 aromatic rings. The number of methoxy groups -OCH3 is 3. The fraction of sp³-hybridized carbons (Fsp3) is 0.200. The van der Waals surface area contributed by atoms with Gasteiger partial charge in [-0.1, -0.05) is 17.7 Å². The summed E-state index contributed by atoms with van der Waals surface area (Å²) in [4.78, 5) is 23.1. The molecule has 1 N–H and O–H groups in total. The Labute approximate surface area is 167 Å². The third kappa shape index (κ3) is 5.17. The third-order valence-electron chi connectivity index (χ3n) is 3.68. The molecule has 0 aromatic heterocycles. The number of hydrogen-bond donors (Lipinski definition) is 1. The SMILES string of the molecule is COc1cc(C(=O)/C=C/c2cc(Cl)c(OC)c(OC)c2)ccc1OCC(=O)O. The Kier molecular flexibility index (Phi) is 7.28. The molecule has 8 heteroatoms. The average Bonchev–Trinajstić information content (AvgIpc) is 2.69. The Morgan fingerprint density at radius 3 is 2.32 bits per heavy atom. The highest BCUT2D eigenvalue weighted by Crippen LogP contribution is 2.36. The van der Waals surface area contributed by atoms with Crippen molar-refractivity contribution in [1.29, 1.82) is 0 Å². The largest absolute Gasteiger partial charge is 0.493 e. The molecule has 0 amide bonds. The van der Waals surface area contributed by atoms with E-state index in [4.69, 9.17) is 35.7 Å². The molecule has 28 heavy (non-hydrogen) atoms. The first kappa shape index (κ1) is 21.1. The van der Waals surface area contributed by atoms with Crippen molar-refractivity contribution >= 4 is 29.4 Å². The number of carbonyl (C=O) groups is 2. The Morgan fingerprint density at radius 1 is 1.00 bits per heavy atom. The van der Waals surface area contributed by atoms with Gasteiger partial charge < -0.3 is 24.1 Å². The van der Waals surface area contributed by atoms with E-state index >= 15 is 0 Å². The van der Waals surface area contributed by atoms with E-state index in [0.29, 0.717) is 27.6 Å². The minimum atomic E-state index is -1.11. The lowest BCUT2D eigenvalue weighted by atomic mass is 10.1. The third-order valence-corrected chi connectivity index (χ3v) is 3.96. The summed E-state index contributed by atoms with van der Waals surface area (Å²) in [7, 11) is 4.38. The molecule has 0 aliphatic carbocycles. The number of benzene rings is 2. The van der Waals surface area contributed by atoms with Crippen LogP contribution in [0.1, 0.15) is 15.9 Å². The standard InChI is InChI=1S/C20H19ClO7/c1-25-17-10-13(5-7-16(17)28-11-19(23)24)15(22)6-4-12-8-14(21)20(27-3)18(9-12)26-2/h4-10H,11H2,1-3H3,(H,23,24)/b6-4+. The Hall–Kier alpha value is -3.19. The van der Waals surface area contributed by atoms with E-state index in [1.165, 1.54) is 45.6 Å². The van der Waals surface area contributed by atoms with Gasteiger partial charge in [0.2, 0.25) is 0 Å². The maximum Gasteiger partial charge on any atom is 0.341 e. The van der Waals surface area contributed by atoms with Gasteiger partial charge in [-0.2, -0.15) is 0 Å². The molecular formula is C20H19ClO7. The maximum absolute atomic E-state index is 12.5. The van der Waals surface area contributed by atoms with E-state index in [9.17, 15) is 9.59 Å². The number of carboxylic acids is 1. The molecule has 0 spiro atoms. The lowest BCUT2D eigenvalue weighted by Crippen LogP contribution is -2.10. The van der Waals surface area contributed by atoms with Crippen LogP contribution >= 0.6 is 11.6 Å². The maximum atomic E-state index is 12.5. The minimum absolute atomic E-state index is 0.233. The molecule has 0 saturated carbocycles. The Balaban J connectivity index is 2.22. The smallest absolute Gasteiger partial charge is 0.341 e. The van der Waals surface area contributed by atoms with Crippen molar-refractivity contribution < 1.29 is 33.6 Å². The molecule has 0 heterocycles. The predicted molar refractivity (Wildman–Crippen MR) is 104 cm³/mol. The van der Waals surface area contributed by atoms with Gasteiger partial charge in [0.25, 0.3) is 0 Å². The number of hydrogen-bond acceptors (Lipinski definition) is 6. The summed E-state index contributed by atoms with van der Waals surface area (Å²) in [5, 5.41) is 9.05.